The minimum Gasteiger partial charge on any atom is -0.454 e. The van der Waals surface area contributed by atoms with Crippen LogP contribution in [-0.4, -0.2) is 34.1 Å². The number of nitrogens with one attached hydrogen (secondary N) is 1. The third-order valence-corrected chi connectivity index (χ3v) is 3.98. The third kappa shape index (κ3) is 3.34. The Morgan fingerprint density at radius 1 is 1.28 bits per heavy atom. The lowest BCUT2D eigenvalue weighted by Crippen LogP contribution is -2.31. The highest BCUT2D eigenvalue weighted by atomic mass is 32.2. The first-order valence-electron chi connectivity index (χ1n) is 5.67. The van der Waals surface area contributed by atoms with E-state index in [1.54, 1.807) is 0 Å². The molecule has 100 valence electrons. The van der Waals surface area contributed by atoms with Gasteiger partial charge in [-0.05, 0) is 24.1 Å². The second-order valence-electron chi connectivity index (χ2n) is 3.94. The van der Waals surface area contributed by atoms with Crippen molar-refractivity contribution >= 4 is 10.0 Å². The molecule has 1 aromatic rings. The predicted molar refractivity (Wildman–Crippen MR) is 67.1 cm³/mol. The molecular weight excluding hydrogens is 256 g/mol. The lowest BCUT2D eigenvalue weighted by Gasteiger charge is -2.06. The van der Waals surface area contributed by atoms with Crippen LogP contribution in [0.1, 0.15) is 5.56 Å². The number of sulfonamides is 1. The standard InChI is InChI=1S/C11H16N2O4S/c12-4-6-18(14,15)13-5-3-9-1-2-10-11(7-9)17-8-16-10/h1-2,7,13H,3-6,8,12H2. The van der Waals surface area contributed by atoms with Crippen LogP contribution in [0.3, 0.4) is 0 Å². The molecule has 0 radical (unpaired) electrons. The van der Waals surface area contributed by atoms with Crippen LogP contribution in [-0.2, 0) is 16.4 Å². The molecule has 18 heavy (non-hydrogen) atoms. The van der Waals surface area contributed by atoms with E-state index >= 15 is 0 Å². The maximum Gasteiger partial charge on any atom is 0.231 e. The van der Waals surface area contributed by atoms with Crippen molar-refractivity contribution in [2.75, 3.05) is 25.6 Å². The van der Waals surface area contributed by atoms with E-state index in [1.807, 2.05) is 18.2 Å². The van der Waals surface area contributed by atoms with Gasteiger partial charge in [-0.25, -0.2) is 13.1 Å². The summed E-state index contributed by atoms with van der Waals surface area (Å²) in [6, 6.07) is 5.58. The van der Waals surface area contributed by atoms with Gasteiger partial charge in [0, 0.05) is 13.1 Å². The largest absolute Gasteiger partial charge is 0.454 e. The fourth-order valence-electron chi connectivity index (χ4n) is 1.67. The Bertz CT molecular complexity index is 516. The van der Waals surface area contributed by atoms with Crippen molar-refractivity contribution in [2.24, 2.45) is 5.73 Å². The van der Waals surface area contributed by atoms with Gasteiger partial charge < -0.3 is 15.2 Å². The number of ether oxygens (including phenoxy) is 2. The SMILES string of the molecule is NCCS(=O)(=O)NCCc1ccc2c(c1)OCO2. The minimum absolute atomic E-state index is 0.0475. The number of hydrogen-bond acceptors (Lipinski definition) is 5. The average Bonchev–Trinajstić information content (AvgIpc) is 2.75. The smallest absolute Gasteiger partial charge is 0.231 e. The third-order valence-electron chi connectivity index (χ3n) is 2.56. The number of nitrogens with two attached hydrogens (primary N) is 1. The highest BCUT2D eigenvalue weighted by Gasteiger charge is 2.13. The molecule has 2 rings (SSSR count). The first kappa shape index (κ1) is 13.1. The van der Waals surface area contributed by atoms with Gasteiger partial charge in [0.25, 0.3) is 0 Å². The Labute approximate surface area is 106 Å². The van der Waals surface area contributed by atoms with Crippen molar-refractivity contribution in [2.45, 2.75) is 6.42 Å². The summed E-state index contributed by atoms with van der Waals surface area (Å²) in [6.45, 7) is 0.712. The topological polar surface area (TPSA) is 90.7 Å². The van der Waals surface area contributed by atoms with Crippen LogP contribution >= 0.6 is 0 Å². The van der Waals surface area contributed by atoms with Crippen molar-refractivity contribution in [1.82, 2.24) is 4.72 Å². The fraction of sp³-hybridized carbons (Fsp3) is 0.455. The maximum absolute atomic E-state index is 11.4. The zero-order chi connectivity index (χ0) is 13.0. The van der Waals surface area contributed by atoms with Crippen molar-refractivity contribution in [3.05, 3.63) is 23.8 Å². The highest BCUT2D eigenvalue weighted by Crippen LogP contribution is 2.32. The molecule has 0 fully saturated rings. The van der Waals surface area contributed by atoms with Crippen LogP contribution in [0.4, 0.5) is 0 Å². The molecule has 1 aliphatic heterocycles. The molecule has 0 saturated heterocycles. The van der Waals surface area contributed by atoms with Crippen LogP contribution < -0.4 is 19.9 Å². The normalized spacial score (nSPS) is 13.8. The van der Waals surface area contributed by atoms with Crippen LogP contribution in [0, 0.1) is 0 Å². The highest BCUT2D eigenvalue weighted by molar-refractivity contribution is 7.89. The predicted octanol–water partition coefficient (Wildman–Crippen LogP) is -0.164. The molecule has 0 aliphatic carbocycles. The molecule has 7 heteroatoms. The first-order valence-corrected chi connectivity index (χ1v) is 7.32. The molecule has 3 N–H and O–H groups in total. The van der Waals surface area contributed by atoms with E-state index < -0.39 is 10.0 Å². The van der Waals surface area contributed by atoms with Crippen molar-refractivity contribution in [1.29, 1.82) is 0 Å². The van der Waals surface area contributed by atoms with Gasteiger partial charge in [0.2, 0.25) is 16.8 Å². The summed E-state index contributed by atoms with van der Waals surface area (Å²) in [5, 5.41) is 0. The molecule has 0 atom stereocenters. The Kier molecular flexibility index (Phi) is 4.05. The van der Waals surface area contributed by atoms with Gasteiger partial charge in [0.05, 0.1) is 5.75 Å². The molecule has 0 aromatic heterocycles. The van der Waals surface area contributed by atoms with E-state index in [0.717, 1.165) is 11.3 Å². The number of rotatable bonds is 6. The summed E-state index contributed by atoms with van der Waals surface area (Å²) >= 11 is 0. The zero-order valence-corrected chi connectivity index (χ0v) is 10.7. The van der Waals surface area contributed by atoms with Crippen molar-refractivity contribution < 1.29 is 17.9 Å². The Balaban J connectivity index is 1.87. The molecule has 1 aliphatic rings. The molecule has 6 nitrogen and oxygen atoms in total. The van der Waals surface area contributed by atoms with E-state index in [2.05, 4.69) is 4.72 Å². The molecular formula is C11H16N2O4S. The monoisotopic (exact) mass is 272 g/mol. The van der Waals surface area contributed by atoms with Gasteiger partial charge in [-0.15, -0.1) is 0 Å². The first-order chi connectivity index (χ1) is 8.61. The van der Waals surface area contributed by atoms with Crippen molar-refractivity contribution in [3.8, 4) is 11.5 Å². The van der Waals surface area contributed by atoms with E-state index in [-0.39, 0.29) is 19.1 Å². The molecule has 0 spiro atoms. The quantitative estimate of drug-likeness (QED) is 0.750. The fourth-order valence-corrected chi connectivity index (χ4v) is 2.54. The molecule has 0 bridgehead atoms. The second-order valence-corrected chi connectivity index (χ2v) is 5.87. The zero-order valence-electron chi connectivity index (χ0n) is 9.89. The van der Waals surface area contributed by atoms with Crippen molar-refractivity contribution in [3.63, 3.8) is 0 Å². The Morgan fingerprint density at radius 2 is 2.06 bits per heavy atom. The Morgan fingerprint density at radius 3 is 2.83 bits per heavy atom. The van der Waals surface area contributed by atoms with Gasteiger partial charge >= 0.3 is 0 Å². The summed E-state index contributed by atoms with van der Waals surface area (Å²) < 4.78 is 35.7. The van der Waals surface area contributed by atoms with E-state index in [0.29, 0.717) is 18.7 Å². The van der Waals surface area contributed by atoms with Crippen LogP contribution in [0.2, 0.25) is 0 Å². The summed E-state index contributed by atoms with van der Waals surface area (Å²) in [7, 11) is -3.24. The molecule has 0 unspecified atom stereocenters. The molecule has 1 heterocycles. The minimum atomic E-state index is -3.24. The van der Waals surface area contributed by atoms with Gasteiger partial charge in [-0.1, -0.05) is 6.07 Å². The van der Waals surface area contributed by atoms with E-state index in [1.165, 1.54) is 0 Å². The van der Waals surface area contributed by atoms with Crippen LogP contribution in [0.25, 0.3) is 0 Å². The van der Waals surface area contributed by atoms with E-state index in [4.69, 9.17) is 15.2 Å². The second kappa shape index (κ2) is 5.55. The number of benzene rings is 1. The number of fused-ring (bicyclic) bond motifs is 1. The lowest BCUT2D eigenvalue weighted by atomic mass is 10.1. The van der Waals surface area contributed by atoms with Gasteiger partial charge in [-0.3, -0.25) is 0 Å². The van der Waals surface area contributed by atoms with Gasteiger partial charge in [0.1, 0.15) is 0 Å². The Hall–Kier alpha value is -1.31. The summed E-state index contributed by atoms with van der Waals surface area (Å²) in [5.74, 6) is 1.38. The summed E-state index contributed by atoms with van der Waals surface area (Å²) in [5.41, 5.74) is 6.20. The van der Waals surface area contributed by atoms with Gasteiger partial charge in [0.15, 0.2) is 11.5 Å². The number of hydrogen-bond donors (Lipinski definition) is 2. The van der Waals surface area contributed by atoms with E-state index in [9.17, 15) is 8.42 Å². The molecule has 1 aromatic carbocycles. The van der Waals surface area contributed by atoms with Crippen LogP contribution in [0.15, 0.2) is 18.2 Å². The average molecular weight is 272 g/mol. The van der Waals surface area contributed by atoms with Gasteiger partial charge in [-0.2, -0.15) is 0 Å². The maximum atomic E-state index is 11.4. The lowest BCUT2D eigenvalue weighted by molar-refractivity contribution is 0.174. The van der Waals surface area contributed by atoms with Crippen LogP contribution in [0.5, 0.6) is 11.5 Å². The molecule has 0 amide bonds. The molecule has 0 saturated carbocycles. The summed E-state index contributed by atoms with van der Waals surface area (Å²) in [4.78, 5) is 0. The summed E-state index contributed by atoms with van der Waals surface area (Å²) in [6.07, 6.45) is 0.598.